The van der Waals surface area contributed by atoms with Gasteiger partial charge < -0.3 is 4.74 Å². The molecule has 1 aliphatic carbocycles. The highest BCUT2D eigenvalue weighted by Crippen LogP contribution is 2.28. The molecule has 0 fully saturated rings. The van der Waals surface area contributed by atoms with Crippen LogP contribution in [0, 0.1) is 6.08 Å². The second-order valence-electron chi connectivity index (χ2n) is 3.20. The molecule has 1 atom stereocenters. The van der Waals surface area contributed by atoms with E-state index in [0.717, 1.165) is 12.2 Å². The average molecular weight is 161 g/mol. The Morgan fingerprint density at radius 3 is 3.25 bits per heavy atom. The predicted molar refractivity (Wildman–Crippen MR) is 48.4 cm³/mol. The van der Waals surface area contributed by atoms with Gasteiger partial charge in [0.25, 0.3) is 0 Å². The van der Waals surface area contributed by atoms with Crippen molar-refractivity contribution in [3.63, 3.8) is 0 Å². The quantitative estimate of drug-likeness (QED) is 0.618. The fraction of sp³-hybridized carbons (Fsp3) is 0.455. The van der Waals surface area contributed by atoms with Gasteiger partial charge in [-0.3, -0.25) is 0 Å². The normalized spacial score (nSPS) is 24.9. The fourth-order valence-electron chi connectivity index (χ4n) is 1.48. The minimum atomic E-state index is 0.192. The minimum absolute atomic E-state index is 0.192. The van der Waals surface area contributed by atoms with Crippen LogP contribution in [0.25, 0.3) is 0 Å². The SMILES string of the molecule is CCCCC1=[C]C2=CC=CC2O1. The molecule has 1 heterocycles. The maximum Gasteiger partial charge on any atom is 0.143 e. The summed E-state index contributed by atoms with van der Waals surface area (Å²) < 4.78 is 5.64. The molecule has 0 saturated heterocycles. The lowest BCUT2D eigenvalue weighted by atomic mass is 10.2. The van der Waals surface area contributed by atoms with Crippen LogP contribution in [-0.4, -0.2) is 6.10 Å². The third-order valence-corrected chi connectivity index (χ3v) is 2.18. The van der Waals surface area contributed by atoms with E-state index in [0.29, 0.717) is 0 Å². The molecule has 1 nitrogen and oxygen atoms in total. The van der Waals surface area contributed by atoms with E-state index in [2.05, 4.69) is 25.2 Å². The number of hydrogen-bond acceptors (Lipinski definition) is 1. The van der Waals surface area contributed by atoms with Crippen molar-refractivity contribution >= 4 is 0 Å². The first-order valence-corrected chi connectivity index (χ1v) is 4.58. The molecular weight excluding hydrogens is 148 g/mol. The highest BCUT2D eigenvalue weighted by Gasteiger charge is 2.22. The largest absolute Gasteiger partial charge is 0.485 e. The number of allylic oxidation sites excluding steroid dienone is 3. The van der Waals surface area contributed by atoms with Gasteiger partial charge in [0, 0.05) is 18.1 Å². The van der Waals surface area contributed by atoms with Gasteiger partial charge in [-0.15, -0.1) is 0 Å². The van der Waals surface area contributed by atoms with Gasteiger partial charge in [0.15, 0.2) is 0 Å². The molecule has 1 heteroatoms. The average Bonchev–Trinajstić information content (AvgIpc) is 2.58. The van der Waals surface area contributed by atoms with E-state index in [1.54, 1.807) is 0 Å². The van der Waals surface area contributed by atoms with Crippen LogP contribution in [0.2, 0.25) is 0 Å². The van der Waals surface area contributed by atoms with Crippen molar-refractivity contribution in [2.75, 3.05) is 0 Å². The van der Waals surface area contributed by atoms with Gasteiger partial charge in [0.1, 0.15) is 11.9 Å². The first-order chi connectivity index (χ1) is 5.90. The Hall–Kier alpha value is -0.980. The molecule has 1 unspecified atom stereocenters. The van der Waals surface area contributed by atoms with Crippen LogP contribution >= 0.6 is 0 Å². The van der Waals surface area contributed by atoms with Crippen LogP contribution in [0.5, 0.6) is 0 Å². The van der Waals surface area contributed by atoms with Crippen LogP contribution in [0.3, 0.4) is 0 Å². The van der Waals surface area contributed by atoms with Crippen molar-refractivity contribution in [3.8, 4) is 0 Å². The number of fused-ring (bicyclic) bond motifs is 1. The van der Waals surface area contributed by atoms with Crippen molar-refractivity contribution in [1.82, 2.24) is 0 Å². The second-order valence-corrected chi connectivity index (χ2v) is 3.20. The highest BCUT2D eigenvalue weighted by molar-refractivity contribution is 5.38. The van der Waals surface area contributed by atoms with E-state index in [-0.39, 0.29) is 6.10 Å². The van der Waals surface area contributed by atoms with Crippen LogP contribution < -0.4 is 0 Å². The van der Waals surface area contributed by atoms with E-state index >= 15 is 0 Å². The fourth-order valence-corrected chi connectivity index (χ4v) is 1.48. The van der Waals surface area contributed by atoms with Crippen molar-refractivity contribution in [1.29, 1.82) is 0 Å². The maximum absolute atomic E-state index is 5.64. The van der Waals surface area contributed by atoms with Gasteiger partial charge in [-0.05, 0) is 12.5 Å². The Bertz CT molecular complexity index is 258. The van der Waals surface area contributed by atoms with E-state index in [9.17, 15) is 0 Å². The molecule has 1 radical (unpaired) electrons. The molecule has 2 aliphatic rings. The molecule has 0 aromatic heterocycles. The monoisotopic (exact) mass is 161 g/mol. The van der Waals surface area contributed by atoms with E-state index < -0.39 is 0 Å². The van der Waals surface area contributed by atoms with Crippen LogP contribution in [0.1, 0.15) is 26.2 Å². The van der Waals surface area contributed by atoms with E-state index in [4.69, 9.17) is 4.74 Å². The van der Waals surface area contributed by atoms with Gasteiger partial charge in [0.2, 0.25) is 0 Å². The summed E-state index contributed by atoms with van der Waals surface area (Å²) in [6, 6.07) is 0. The van der Waals surface area contributed by atoms with E-state index in [1.165, 1.54) is 18.4 Å². The summed E-state index contributed by atoms with van der Waals surface area (Å²) in [4.78, 5) is 0. The number of ether oxygens (including phenoxy) is 1. The van der Waals surface area contributed by atoms with Gasteiger partial charge in [-0.1, -0.05) is 25.5 Å². The molecule has 63 valence electrons. The van der Waals surface area contributed by atoms with Gasteiger partial charge >= 0.3 is 0 Å². The summed E-state index contributed by atoms with van der Waals surface area (Å²) in [5.41, 5.74) is 1.20. The zero-order chi connectivity index (χ0) is 8.39. The zero-order valence-corrected chi connectivity index (χ0v) is 7.34. The molecule has 0 N–H and O–H groups in total. The Labute approximate surface area is 73.4 Å². The number of rotatable bonds is 3. The smallest absolute Gasteiger partial charge is 0.143 e. The van der Waals surface area contributed by atoms with Crippen LogP contribution in [-0.2, 0) is 4.74 Å². The highest BCUT2D eigenvalue weighted by atomic mass is 16.5. The van der Waals surface area contributed by atoms with Crippen molar-refractivity contribution in [2.24, 2.45) is 0 Å². The molecule has 0 bridgehead atoms. The molecular formula is C11H13O. The summed E-state index contributed by atoms with van der Waals surface area (Å²) >= 11 is 0. The summed E-state index contributed by atoms with van der Waals surface area (Å²) in [6.45, 7) is 2.19. The first-order valence-electron chi connectivity index (χ1n) is 4.58. The molecule has 2 rings (SSSR count). The molecule has 0 spiro atoms. The van der Waals surface area contributed by atoms with Gasteiger partial charge in [0.05, 0.1) is 0 Å². The summed E-state index contributed by atoms with van der Waals surface area (Å²) in [7, 11) is 0. The third kappa shape index (κ3) is 1.31. The molecule has 1 aliphatic heterocycles. The Kier molecular flexibility index (Phi) is 2.03. The summed E-state index contributed by atoms with van der Waals surface area (Å²) in [6.07, 6.45) is 13.1. The third-order valence-electron chi connectivity index (χ3n) is 2.18. The van der Waals surface area contributed by atoms with Gasteiger partial charge in [-0.25, -0.2) is 0 Å². The maximum atomic E-state index is 5.64. The van der Waals surface area contributed by atoms with E-state index in [1.807, 2.05) is 6.08 Å². The molecule has 0 aromatic carbocycles. The molecule has 12 heavy (non-hydrogen) atoms. The Morgan fingerprint density at radius 2 is 2.50 bits per heavy atom. The lowest BCUT2D eigenvalue weighted by molar-refractivity contribution is 0.195. The van der Waals surface area contributed by atoms with Crippen LogP contribution in [0.4, 0.5) is 0 Å². The zero-order valence-electron chi connectivity index (χ0n) is 7.34. The lowest BCUT2D eigenvalue weighted by Gasteiger charge is -2.06. The predicted octanol–water partition coefficient (Wildman–Crippen LogP) is 2.76. The minimum Gasteiger partial charge on any atom is -0.485 e. The topological polar surface area (TPSA) is 9.23 Å². The summed E-state index contributed by atoms with van der Waals surface area (Å²) in [5.74, 6) is 1.04. The molecule has 0 amide bonds. The van der Waals surface area contributed by atoms with Crippen LogP contribution in [0.15, 0.2) is 29.6 Å². The summed E-state index contributed by atoms with van der Waals surface area (Å²) in [5, 5.41) is 0. The van der Waals surface area contributed by atoms with Crippen molar-refractivity contribution in [3.05, 3.63) is 35.6 Å². The molecule has 0 aromatic rings. The number of hydrogen-bond donors (Lipinski definition) is 0. The standard InChI is InChI=1S/C11H13O/c1-2-3-6-10-8-9-5-4-7-11(9)12-10/h4-5,7,11H,2-3,6H2,1H3. The Morgan fingerprint density at radius 1 is 1.58 bits per heavy atom. The van der Waals surface area contributed by atoms with Crippen molar-refractivity contribution < 1.29 is 4.74 Å². The lowest BCUT2D eigenvalue weighted by Crippen LogP contribution is -2.01. The van der Waals surface area contributed by atoms with Crippen molar-refractivity contribution in [2.45, 2.75) is 32.3 Å². The van der Waals surface area contributed by atoms with Gasteiger partial charge in [-0.2, -0.15) is 0 Å². The first kappa shape index (κ1) is 7.66. The number of unbranched alkanes of at least 4 members (excludes halogenated alkanes) is 1. The second kappa shape index (κ2) is 3.18. The Balaban J connectivity index is 1.95. The molecule has 0 saturated carbocycles.